The Balaban J connectivity index is 2.67. The van der Waals surface area contributed by atoms with Crippen LogP contribution in [0, 0.1) is 0 Å². The smallest absolute Gasteiger partial charge is 0.242 e. The molecular formula is C12H22N2O2. The maximum atomic E-state index is 12.0. The third-order valence-electron chi connectivity index (χ3n) is 3.26. The first-order valence-corrected chi connectivity index (χ1v) is 5.92. The first-order valence-electron chi connectivity index (χ1n) is 5.92. The summed E-state index contributed by atoms with van der Waals surface area (Å²) in [6.07, 6.45) is 1.48. The summed E-state index contributed by atoms with van der Waals surface area (Å²) in [7, 11) is 1.81. The number of hydrogen-bond donors (Lipinski definition) is 0. The lowest BCUT2D eigenvalue weighted by molar-refractivity contribution is -0.148. The van der Waals surface area contributed by atoms with Crippen molar-refractivity contribution < 1.29 is 9.59 Å². The van der Waals surface area contributed by atoms with E-state index in [2.05, 4.69) is 0 Å². The standard InChI is InChI=1S/C12H22N2O2/c1-5-6-10(15)9-14-8-7-13(4)11(16)12(14,2)3/h5-9H2,1-4H3. The van der Waals surface area contributed by atoms with Gasteiger partial charge in [0.1, 0.15) is 5.78 Å². The summed E-state index contributed by atoms with van der Waals surface area (Å²) >= 11 is 0. The van der Waals surface area contributed by atoms with Crippen molar-refractivity contribution >= 4 is 11.7 Å². The number of Topliss-reactive ketones (excluding diaryl/α,β-unsaturated/α-hetero) is 1. The molecule has 1 saturated heterocycles. The van der Waals surface area contributed by atoms with Crippen molar-refractivity contribution in [2.45, 2.75) is 39.2 Å². The van der Waals surface area contributed by atoms with Gasteiger partial charge in [0.05, 0.1) is 12.1 Å². The molecule has 0 unspecified atom stereocenters. The van der Waals surface area contributed by atoms with Crippen molar-refractivity contribution in [1.82, 2.24) is 9.80 Å². The first kappa shape index (κ1) is 13.2. The fourth-order valence-electron chi connectivity index (χ4n) is 2.10. The molecule has 1 amide bonds. The summed E-state index contributed by atoms with van der Waals surface area (Å²) < 4.78 is 0. The number of hydrogen-bond acceptors (Lipinski definition) is 3. The number of piperazine rings is 1. The van der Waals surface area contributed by atoms with E-state index in [1.165, 1.54) is 0 Å². The van der Waals surface area contributed by atoms with E-state index in [-0.39, 0.29) is 11.7 Å². The summed E-state index contributed by atoms with van der Waals surface area (Å²) in [5.74, 6) is 0.330. The van der Waals surface area contributed by atoms with Gasteiger partial charge in [-0.25, -0.2) is 0 Å². The molecule has 0 spiro atoms. The molecule has 1 rings (SSSR count). The molecule has 1 aliphatic rings. The molecule has 0 aliphatic carbocycles. The summed E-state index contributed by atoms with van der Waals surface area (Å²) in [6, 6.07) is 0. The second kappa shape index (κ2) is 4.95. The maximum Gasteiger partial charge on any atom is 0.242 e. The van der Waals surface area contributed by atoms with Gasteiger partial charge in [0.2, 0.25) is 5.91 Å². The Labute approximate surface area is 97.6 Å². The predicted molar refractivity (Wildman–Crippen MR) is 63.2 cm³/mol. The average molecular weight is 226 g/mol. The summed E-state index contributed by atoms with van der Waals surface area (Å²) in [4.78, 5) is 27.3. The lowest BCUT2D eigenvalue weighted by atomic mass is 9.97. The van der Waals surface area contributed by atoms with Crippen LogP contribution < -0.4 is 0 Å². The largest absolute Gasteiger partial charge is 0.343 e. The molecule has 1 heterocycles. The highest BCUT2D eigenvalue weighted by atomic mass is 16.2. The van der Waals surface area contributed by atoms with E-state index < -0.39 is 5.54 Å². The van der Waals surface area contributed by atoms with Crippen molar-refractivity contribution in [3.63, 3.8) is 0 Å². The van der Waals surface area contributed by atoms with Gasteiger partial charge in [-0.1, -0.05) is 6.92 Å². The molecule has 92 valence electrons. The van der Waals surface area contributed by atoms with Crippen molar-refractivity contribution in [2.75, 3.05) is 26.7 Å². The number of amides is 1. The third-order valence-corrected chi connectivity index (χ3v) is 3.26. The summed E-state index contributed by atoms with van der Waals surface area (Å²) in [6.45, 7) is 7.68. The second-order valence-corrected chi connectivity index (χ2v) is 5.00. The summed E-state index contributed by atoms with van der Waals surface area (Å²) in [5, 5.41) is 0. The van der Waals surface area contributed by atoms with Crippen molar-refractivity contribution in [3.05, 3.63) is 0 Å². The zero-order chi connectivity index (χ0) is 12.3. The van der Waals surface area contributed by atoms with Gasteiger partial charge in [0, 0.05) is 26.6 Å². The highest BCUT2D eigenvalue weighted by Gasteiger charge is 2.40. The molecule has 0 bridgehead atoms. The van der Waals surface area contributed by atoms with Gasteiger partial charge in [-0.15, -0.1) is 0 Å². The molecule has 1 aliphatic heterocycles. The van der Waals surface area contributed by atoms with Crippen LogP contribution >= 0.6 is 0 Å². The van der Waals surface area contributed by atoms with Gasteiger partial charge in [-0.3, -0.25) is 14.5 Å². The number of nitrogens with zero attached hydrogens (tertiary/aromatic N) is 2. The van der Waals surface area contributed by atoms with E-state index in [1.54, 1.807) is 4.90 Å². The van der Waals surface area contributed by atoms with Gasteiger partial charge in [0.25, 0.3) is 0 Å². The first-order chi connectivity index (χ1) is 7.39. The highest BCUT2D eigenvalue weighted by Crippen LogP contribution is 2.21. The third kappa shape index (κ3) is 2.61. The predicted octanol–water partition coefficient (Wildman–Crippen LogP) is 0.908. The minimum atomic E-state index is -0.545. The number of likely N-dealkylation sites (N-methyl/N-ethyl adjacent to an activating group) is 1. The number of carbonyl (C=O) groups excluding carboxylic acids is 2. The van der Waals surface area contributed by atoms with Crippen LogP contribution in [0.3, 0.4) is 0 Å². The Bertz CT molecular complexity index is 287. The SMILES string of the molecule is CCCC(=O)CN1CCN(C)C(=O)C1(C)C. The molecular weight excluding hydrogens is 204 g/mol. The lowest BCUT2D eigenvalue weighted by Gasteiger charge is -2.44. The molecule has 16 heavy (non-hydrogen) atoms. The van der Waals surface area contributed by atoms with Crippen LogP contribution in [-0.4, -0.2) is 53.7 Å². The fourth-order valence-corrected chi connectivity index (χ4v) is 2.10. The van der Waals surface area contributed by atoms with Crippen molar-refractivity contribution in [3.8, 4) is 0 Å². The highest BCUT2D eigenvalue weighted by molar-refractivity contribution is 5.87. The Kier molecular flexibility index (Phi) is 4.08. The zero-order valence-corrected chi connectivity index (χ0v) is 10.7. The molecule has 0 aromatic rings. The quantitative estimate of drug-likeness (QED) is 0.715. The van der Waals surface area contributed by atoms with E-state index in [4.69, 9.17) is 0 Å². The Morgan fingerprint density at radius 3 is 2.56 bits per heavy atom. The van der Waals surface area contributed by atoms with Crippen LogP contribution in [0.4, 0.5) is 0 Å². The van der Waals surface area contributed by atoms with Gasteiger partial charge < -0.3 is 4.90 Å². The van der Waals surface area contributed by atoms with E-state index in [0.29, 0.717) is 19.5 Å². The molecule has 0 atom stereocenters. The van der Waals surface area contributed by atoms with Crippen LogP contribution in [0.5, 0.6) is 0 Å². The van der Waals surface area contributed by atoms with Crippen LogP contribution in [0.15, 0.2) is 0 Å². The van der Waals surface area contributed by atoms with Gasteiger partial charge in [0.15, 0.2) is 0 Å². The van der Waals surface area contributed by atoms with Crippen LogP contribution in [0.2, 0.25) is 0 Å². The Hall–Kier alpha value is -0.900. The Morgan fingerprint density at radius 1 is 1.38 bits per heavy atom. The Morgan fingerprint density at radius 2 is 2.00 bits per heavy atom. The van der Waals surface area contributed by atoms with Crippen LogP contribution in [-0.2, 0) is 9.59 Å². The molecule has 4 heteroatoms. The van der Waals surface area contributed by atoms with E-state index in [0.717, 1.165) is 13.0 Å². The molecule has 1 fully saturated rings. The van der Waals surface area contributed by atoms with Gasteiger partial charge >= 0.3 is 0 Å². The number of carbonyl (C=O) groups is 2. The monoisotopic (exact) mass is 226 g/mol. The minimum Gasteiger partial charge on any atom is -0.343 e. The lowest BCUT2D eigenvalue weighted by Crippen LogP contribution is -2.62. The molecule has 0 N–H and O–H groups in total. The number of rotatable bonds is 4. The normalized spacial score (nSPS) is 21.2. The molecule has 0 radical (unpaired) electrons. The molecule has 0 aromatic heterocycles. The van der Waals surface area contributed by atoms with Crippen molar-refractivity contribution in [1.29, 1.82) is 0 Å². The van der Waals surface area contributed by atoms with Gasteiger partial charge in [-0.2, -0.15) is 0 Å². The summed E-state index contributed by atoms with van der Waals surface area (Å²) in [5.41, 5.74) is -0.545. The van der Waals surface area contributed by atoms with E-state index >= 15 is 0 Å². The maximum absolute atomic E-state index is 12.0. The van der Waals surface area contributed by atoms with Gasteiger partial charge in [-0.05, 0) is 20.3 Å². The minimum absolute atomic E-state index is 0.100. The van der Waals surface area contributed by atoms with E-state index in [9.17, 15) is 9.59 Å². The second-order valence-electron chi connectivity index (χ2n) is 5.00. The molecule has 0 saturated carbocycles. The zero-order valence-electron chi connectivity index (χ0n) is 10.7. The molecule has 4 nitrogen and oxygen atoms in total. The van der Waals surface area contributed by atoms with Crippen LogP contribution in [0.25, 0.3) is 0 Å². The average Bonchev–Trinajstić information content (AvgIpc) is 2.20. The molecule has 0 aromatic carbocycles. The van der Waals surface area contributed by atoms with Crippen molar-refractivity contribution in [2.24, 2.45) is 0 Å². The fraction of sp³-hybridized carbons (Fsp3) is 0.833. The topological polar surface area (TPSA) is 40.6 Å². The van der Waals surface area contributed by atoms with Crippen LogP contribution in [0.1, 0.15) is 33.6 Å². The number of ketones is 1. The van der Waals surface area contributed by atoms with E-state index in [1.807, 2.05) is 32.7 Å².